The van der Waals surface area contributed by atoms with Crippen LogP contribution in [0.25, 0.3) is 10.9 Å². The van der Waals surface area contributed by atoms with E-state index in [-0.39, 0.29) is 0 Å². The summed E-state index contributed by atoms with van der Waals surface area (Å²) >= 11 is 0. The molecule has 1 heterocycles. The fraction of sp³-hybridized carbons (Fsp3) is 0.357. The molecule has 1 aromatic heterocycles. The Morgan fingerprint density at radius 3 is 2.56 bits per heavy atom. The average molecular weight is 246 g/mol. The standard InChI is InChI=1S/C14H18N2O2/c1-4-16(5-2)10-6-7-11-12(14(17)18)9-15(3)13(11)8-10/h6-9H,4-5H2,1-3H3,(H,17,18). The topological polar surface area (TPSA) is 45.5 Å². The summed E-state index contributed by atoms with van der Waals surface area (Å²) in [5.41, 5.74) is 2.45. The van der Waals surface area contributed by atoms with E-state index in [4.69, 9.17) is 5.11 Å². The van der Waals surface area contributed by atoms with Gasteiger partial charge in [-0.1, -0.05) is 0 Å². The van der Waals surface area contributed by atoms with Gasteiger partial charge in [0, 0.05) is 37.4 Å². The molecule has 0 aliphatic carbocycles. The molecular weight excluding hydrogens is 228 g/mol. The van der Waals surface area contributed by atoms with Crippen LogP contribution >= 0.6 is 0 Å². The molecule has 0 unspecified atom stereocenters. The van der Waals surface area contributed by atoms with E-state index in [1.54, 1.807) is 6.20 Å². The third-order valence-corrected chi connectivity index (χ3v) is 3.33. The number of carboxylic acid groups (broad SMARTS) is 1. The van der Waals surface area contributed by atoms with E-state index in [1.165, 1.54) is 0 Å². The molecule has 0 radical (unpaired) electrons. The van der Waals surface area contributed by atoms with Gasteiger partial charge in [-0.3, -0.25) is 0 Å². The van der Waals surface area contributed by atoms with Crippen molar-refractivity contribution in [3.8, 4) is 0 Å². The van der Waals surface area contributed by atoms with Gasteiger partial charge in [-0.05, 0) is 32.0 Å². The van der Waals surface area contributed by atoms with Crippen molar-refractivity contribution in [2.45, 2.75) is 13.8 Å². The highest BCUT2D eigenvalue weighted by Gasteiger charge is 2.13. The van der Waals surface area contributed by atoms with Gasteiger partial charge >= 0.3 is 5.97 Å². The minimum Gasteiger partial charge on any atom is -0.478 e. The molecule has 0 aliphatic heterocycles. The molecule has 0 fully saturated rings. The minimum atomic E-state index is -0.879. The molecule has 1 N–H and O–H groups in total. The quantitative estimate of drug-likeness (QED) is 0.902. The van der Waals surface area contributed by atoms with Crippen LogP contribution < -0.4 is 4.90 Å². The van der Waals surface area contributed by atoms with Crippen LogP contribution in [0.1, 0.15) is 24.2 Å². The lowest BCUT2D eigenvalue weighted by Gasteiger charge is -2.21. The molecule has 1 aromatic carbocycles. The van der Waals surface area contributed by atoms with Gasteiger partial charge in [-0.2, -0.15) is 0 Å². The summed E-state index contributed by atoms with van der Waals surface area (Å²) in [5, 5.41) is 9.94. The van der Waals surface area contributed by atoms with Crippen LogP contribution in [0.4, 0.5) is 5.69 Å². The van der Waals surface area contributed by atoms with E-state index in [9.17, 15) is 4.79 Å². The number of carboxylic acids is 1. The number of nitrogens with zero attached hydrogens (tertiary/aromatic N) is 2. The Morgan fingerprint density at radius 2 is 2.00 bits per heavy atom. The number of fused-ring (bicyclic) bond motifs is 1. The second-order valence-electron chi connectivity index (χ2n) is 4.33. The Hall–Kier alpha value is -1.97. The average Bonchev–Trinajstić information content (AvgIpc) is 2.69. The molecule has 2 rings (SSSR count). The molecule has 0 spiro atoms. The zero-order valence-corrected chi connectivity index (χ0v) is 11.0. The molecular formula is C14H18N2O2. The lowest BCUT2D eigenvalue weighted by atomic mass is 10.1. The van der Waals surface area contributed by atoms with E-state index in [0.29, 0.717) is 5.56 Å². The number of aromatic nitrogens is 1. The highest BCUT2D eigenvalue weighted by Crippen LogP contribution is 2.26. The van der Waals surface area contributed by atoms with Gasteiger partial charge in [0.1, 0.15) is 0 Å². The van der Waals surface area contributed by atoms with Gasteiger partial charge < -0.3 is 14.6 Å². The Labute approximate surface area is 106 Å². The molecule has 4 heteroatoms. The normalized spacial score (nSPS) is 10.8. The molecule has 0 bridgehead atoms. The first-order valence-corrected chi connectivity index (χ1v) is 6.15. The largest absolute Gasteiger partial charge is 0.478 e. The van der Waals surface area contributed by atoms with Crippen LogP contribution in [-0.2, 0) is 7.05 Å². The maximum Gasteiger partial charge on any atom is 0.337 e. The van der Waals surface area contributed by atoms with Crippen molar-refractivity contribution in [3.63, 3.8) is 0 Å². The number of hydrogen-bond acceptors (Lipinski definition) is 2. The lowest BCUT2D eigenvalue weighted by molar-refractivity contribution is 0.0699. The minimum absolute atomic E-state index is 0.360. The first-order chi connectivity index (χ1) is 8.58. The molecule has 0 amide bonds. The van der Waals surface area contributed by atoms with E-state index < -0.39 is 5.97 Å². The Balaban J connectivity index is 2.59. The maximum absolute atomic E-state index is 11.1. The van der Waals surface area contributed by atoms with Crippen molar-refractivity contribution in [1.29, 1.82) is 0 Å². The third kappa shape index (κ3) is 1.94. The molecule has 0 saturated heterocycles. The highest BCUT2D eigenvalue weighted by molar-refractivity contribution is 6.04. The highest BCUT2D eigenvalue weighted by atomic mass is 16.4. The van der Waals surface area contributed by atoms with Crippen LogP contribution in [-0.4, -0.2) is 28.7 Å². The second kappa shape index (κ2) is 4.72. The van der Waals surface area contributed by atoms with Gasteiger partial charge in [0.25, 0.3) is 0 Å². The van der Waals surface area contributed by atoms with E-state index >= 15 is 0 Å². The van der Waals surface area contributed by atoms with Gasteiger partial charge in [0.05, 0.1) is 11.1 Å². The first-order valence-electron chi connectivity index (χ1n) is 6.15. The number of aromatic carboxylic acids is 1. The summed E-state index contributed by atoms with van der Waals surface area (Å²) in [6.45, 7) is 6.11. The van der Waals surface area contributed by atoms with E-state index in [1.807, 2.05) is 23.7 Å². The van der Waals surface area contributed by atoms with Crippen molar-refractivity contribution in [3.05, 3.63) is 30.0 Å². The van der Waals surface area contributed by atoms with Crippen molar-refractivity contribution >= 4 is 22.6 Å². The molecule has 96 valence electrons. The fourth-order valence-corrected chi connectivity index (χ4v) is 2.33. The molecule has 2 aromatic rings. The second-order valence-corrected chi connectivity index (χ2v) is 4.33. The number of carbonyl (C=O) groups is 1. The molecule has 0 saturated carbocycles. The molecule has 18 heavy (non-hydrogen) atoms. The third-order valence-electron chi connectivity index (χ3n) is 3.33. The van der Waals surface area contributed by atoms with Crippen LogP contribution in [0.5, 0.6) is 0 Å². The van der Waals surface area contributed by atoms with Gasteiger partial charge in [-0.15, -0.1) is 0 Å². The molecule has 0 atom stereocenters. The molecule has 0 aliphatic rings. The lowest BCUT2D eigenvalue weighted by Crippen LogP contribution is -2.21. The predicted octanol–water partition coefficient (Wildman–Crippen LogP) is 2.72. The van der Waals surface area contributed by atoms with Crippen molar-refractivity contribution in [1.82, 2.24) is 4.57 Å². The monoisotopic (exact) mass is 246 g/mol. The van der Waals surface area contributed by atoms with Gasteiger partial charge in [0.15, 0.2) is 0 Å². The number of hydrogen-bond donors (Lipinski definition) is 1. The first kappa shape index (κ1) is 12.5. The van der Waals surface area contributed by atoms with Crippen molar-refractivity contribution in [2.24, 2.45) is 7.05 Å². The number of anilines is 1. The van der Waals surface area contributed by atoms with Gasteiger partial charge in [0.2, 0.25) is 0 Å². The summed E-state index contributed by atoms with van der Waals surface area (Å²) in [4.78, 5) is 13.4. The zero-order chi connectivity index (χ0) is 13.3. The van der Waals surface area contributed by atoms with Crippen LogP contribution in [0, 0.1) is 0 Å². The van der Waals surface area contributed by atoms with E-state index in [0.717, 1.165) is 29.7 Å². The Bertz CT molecular complexity index is 583. The molecule has 4 nitrogen and oxygen atoms in total. The van der Waals surface area contributed by atoms with Crippen LogP contribution in [0.15, 0.2) is 24.4 Å². The van der Waals surface area contributed by atoms with Crippen molar-refractivity contribution in [2.75, 3.05) is 18.0 Å². The summed E-state index contributed by atoms with van der Waals surface area (Å²) in [6, 6.07) is 5.93. The number of rotatable bonds is 4. The van der Waals surface area contributed by atoms with E-state index in [2.05, 4.69) is 24.8 Å². The predicted molar refractivity (Wildman–Crippen MR) is 73.4 cm³/mol. The maximum atomic E-state index is 11.1. The summed E-state index contributed by atoms with van der Waals surface area (Å²) < 4.78 is 1.87. The van der Waals surface area contributed by atoms with Crippen molar-refractivity contribution < 1.29 is 9.90 Å². The fourth-order valence-electron chi connectivity index (χ4n) is 2.33. The number of aryl methyl sites for hydroxylation is 1. The van der Waals surface area contributed by atoms with Crippen LogP contribution in [0.2, 0.25) is 0 Å². The summed E-state index contributed by atoms with van der Waals surface area (Å²) in [7, 11) is 1.88. The number of benzene rings is 1. The Kier molecular flexibility index (Phi) is 3.28. The van der Waals surface area contributed by atoms with Crippen LogP contribution in [0.3, 0.4) is 0 Å². The zero-order valence-electron chi connectivity index (χ0n) is 11.0. The summed E-state index contributed by atoms with van der Waals surface area (Å²) in [6.07, 6.45) is 1.67. The van der Waals surface area contributed by atoms with Gasteiger partial charge in [-0.25, -0.2) is 4.79 Å². The Morgan fingerprint density at radius 1 is 1.33 bits per heavy atom. The SMILES string of the molecule is CCN(CC)c1ccc2c(C(=O)O)cn(C)c2c1. The smallest absolute Gasteiger partial charge is 0.337 e. The summed E-state index contributed by atoms with van der Waals surface area (Å²) in [5.74, 6) is -0.879.